The van der Waals surface area contributed by atoms with Crippen molar-refractivity contribution >= 4 is 44.8 Å². The van der Waals surface area contributed by atoms with Gasteiger partial charge in [-0.05, 0) is 55.7 Å². The number of fused-ring (bicyclic) bond motifs is 3. The van der Waals surface area contributed by atoms with Crippen molar-refractivity contribution in [1.82, 2.24) is 9.97 Å². The number of aromatic amines is 1. The second-order valence-corrected chi connectivity index (χ2v) is 9.50. The summed E-state index contributed by atoms with van der Waals surface area (Å²) in [6.45, 7) is 16.2. The van der Waals surface area contributed by atoms with Crippen LogP contribution >= 0.6 is 0 Å². The van der Waals surface area contributed by atoms with Crippen LogP contribution in [0.2, 0.25) is 0 Å². The summed E-state index contributed by atoms with van der Waals surface area (Å²) in [5.74, 6) is 0.450. The molecule has 0 radical (unpaired) electrons. The Balaban J connectivity index is 0.000000845. The topological polar surface area (TPSA) is 61.5 Å². The van der Waals surface area contributed by atoms with Gasteiger partial charge in [0.15, 0.2) is 5.60 Å². The number of piperidine rings is 1. The number of pyridine rings is 1. The first-order valence-electron chi connectivity index (χ1n) is 14.0. The summed E-state index contributed by atoms with van der Waals surface area (Å²) in [4.78, 5) is 26.1. The minimum atomic E-state index is -0.960. The van der Waals surface area contributed by atoms with Crippen LogP contribution in [0.15, 0.2) is 61.3 Å². The van der Waals surface area contributed by atoms with Crippen molar-refractivity contribution < 1.29 is 13.9 Å². The zero-order valence-corrected chi connectivity index (χ0v) is 23.7. The monoisotopic (exact) mass is 530 g/mol. The van der Waals surface area contributed by atoms with E-state index in [-0.39, 0.29) is 11.7 Å². The third-order valence-electron chi connectivity index (χ3n) is 7.20. The van der Waals surface area contributed by atoms with Gasteiger partial charge in [-0.15, -0.1) is 0 Å². The normalized spacial score (nSPS) is 19.0. The fourth-order valence-corrected chi connectivity index (χ4v) is 5.50. The number of allylic oxidation sites excluding steroid dienone is 1. The van der Waals surface area contributed by atoms with Gasteiger partial charge >= 0.3 is 0 Å². The molecule has 2 fully saturated rings. The molecule has 1 amide bonds. The highest BCUT2D eigenvalue weighted by atomic mass is 19.1. The van der Waals surface area contributed by atoms with Gasteiger partial charge in [0.25, 0.3) is 5.91 Å². The lowest BCUT2D eigenvalue weighted by molar-refractivity contribution is -0.151. The van der Waals surface area contributed by atoms with Crippen molar-refractivity contribution in [3.63, 3.8) is 0 Å². The van der Waals surface area contributed by atoms with E-state index in [1.54, 1.807) is 17.0 Å². The Labute approximate surface area is 230 Å². The molecule has 39 heavy (non-hydrogen) atoms. The van der Waals surface area contributed by atoms with Crippen molar-refractivity contribution in [2.75, 3.05) is 36.0 Å². The van der Waals surface area contributed by atoms with Crippen LogP contribution in [0.4, 0.5) is 15.9 Å². The molecular formula is C32H39FN4O2. The molecule has 2 aliphatic heterocycles. The third kappa shape index (κ3) is 5.15. The molecule has 4 aromatic rings. The van der Waals surface area contributed by atoms with Crippen molar-refractivity contribution in [2.24, 2.45) is 0 Å². The Hall–Kier alpha value is -3.71. The summed E-state index contributed by atoms with van der Waals surface area (Å²) >= 11 is 0. The molecule has 7 heteroatoms. The number of amides is 1. The number of rotatable bonds is 3. The highest BCUT2D eigenvalue weighted by molar-refractivity contribution is 6.15. The number of nitrogens with zero attached hydrogens (tertiary/aromatic N) is 3. The molecule has 2 aromatic heterocycles. The Morgan fingerprint density at radius 1 is 1.08 bits per heavy atom. The zero-order chi connectivity index (χ0) is 28.2. The maximum absolute atomic E-state index is 13.8. The number of carbonyl (C=O) groups is 1. The Bertz CT molecular complexity index is 1460. The summed E-state index contributed by atoms with van der Waals surface area (Å²) < 4.78 is 19.7. The van der Waals surface area contributed by atoms with Crippen LogP contribution in [0.5, 0.6) is 0 Å². The molecule has 206 valence electrons. The molecule has 0 aliphatic carbocycles. The summed E-state index contributed by atoms with van der Waals surface area (Å²) in [7, 11) is 0. The summed E-state index contributed by atoms with van der Waals surface area (Å²) in [5.41, 5.74) is 3.71. The molecular weight excluding hydrogens is 491 g/mol. The van der Waals surface area contributed by atoms with Gasteiger partial charge in [-0.1, -0.05) is 52.5 Å². The molecule has 1 atom stereocenters. The van der Waals surface area contributed by atoms with Gasteiger partial charge < -0.3 is 19.5 Å². The van der Waals surface area contributed by atoms with Gasteiger partial charge in [0.2, 0.25) is 0 Å². The highest BCUT2D eigenvalue weighted by Gasteiger charge is 2.49. The molecule has 4 heterocycles. The minimum absolute atomic E-state index is 0.0752. The van der Waals surface area contributed by atoms with Gasteiger partial charge in [-0.25, -0.2) is 9.37 Å². The predicted molar refractivity (Wildman–Crippen MR) is 160 cm³/mol. The van der Waals surface area contributed by atoms with Crippen molar-refractivity contribution in [3.8, 4) is 0 Å². The lowest BCUT2D eigenvalue weighted by atomic mass is 9.89. The molecule has 6 rings (SSSR count). The lowest BCUT2D eigenvalue weighted by Crippen LogP contribution is -2.63. The molecule has 2 aromatic carbocycles. The van der Waals surface area contributed by atoms with E-state index in [1.807, 2.05) is 52.9 Å². The summed E-state index contributed by atoms with van der Waals surface area (Å²) in [6, 6.07) is 14.3. The smallest absolute Gasteiger partial charge is 0.261 e. The van der Waals surface area contributed by atoms with Gasteiger partial charge in [0.1, 0.15) is 11.6 Å². The average molecular weight is 531 g/mol. The average Bonchev–Trinajstić information content (AvgIpc) is 3.36. The Morgan fingerprint density at radius 3 is 2.51 bits per heavy atom. The van der Waals surface area contributed by atoms with E-state index >= 15 is 0 Å². The predicted octanol–water partition coefficient (Wildman–Crippen LogP) is 7.34. The fraction of sp³-hybridized carbons (Fsp3) is 0.375. The highest BCUT2D eigenvalue weighted by Crippen LogP contribution is 2.39. The number of para-hydroxylation sites is 1. The van der Waals surface area contributed by atoms with Crippen molar-refractivity contribution in [3.05, 3.63) is 72.7 Å². The fourth-order valence-electron chi connectivity index (χ4n) is 5.50. The number of nitrogens with one attached hydrogen (secondary N) is 1. The van der Waals surface area contributed by atoms with E-state index in [0.717, 1.165) is 51.7 Å². The Morgan fingerprint density at radius 2 is 1.79 bits per heavy atom. The van der Waals surface area contributed by atoms with Crippen LogP contribution in [-0.4, -0.2) is 47.7 Å². The first kappa shape index (κ1) is 28.3. The van der Waals surface area contributed by atoms with E-state index in [9.17, 15) is 9.18 Å². The van der Waals surface area contributed by atoms with E-state index in [0.29, 0.717) is 31.8 Å². The Kier molecular flexibility index (Phi) is 8.70. The first-order valence-corrected chi connectivity index (χ1v) is 14.0. The number of halogens is 1. The quantitative estimate of drug-likeness (QED) is 0.301. The van der Waals surface area contributed by atoms with Crippen LogP contribution in [0.3, 0.4) is 0 Å². The standard InChI is InChI=1S/C28H27FN4O2.2C2H6/c1-18(2)22-16-30-26(24-21-6-3-4-7-23(21)31-25(22)24)32-13-5-12-28(17-32)27(34)33(14-15-35-28)20-10-8-19(29)9-11-20;2*1-2/h3-4,6-11,16,31H,1,5,12-15,17H2,2H3;2*1-2H3. The maximum Gasteiger partial charge on any atom is 0.261 e. The van der Waals surface area contributed by atoms with Crippen LogP contribution in [0, 0.1) is 5.82 Å². The SMILES string of the molecule is C=C(C)c1cnc(N2CCCC3(C2)OCCN(c2ccc(F)cc2)C3=O)c2c1[nH]c1ccccc12.CC.CC. The number of benzene rings is 2. The molecule has 1 spiro atoms. The zero-order valence-electron chi connectivity index (χ0n) is 23.7. The molecule has 6 nitrogen and oxygen atoms in total. The number of morpholine rings is 1. The second-order valence-electron chi connectivity index (χ2n) is 9.50. The van der Waals surface area contributed by atoms with E-state index in [1.165, 1.54) is 12.1 Å². The number of ether oxygens (including phenoxy) is 1. The summed E-state index contributed by atoms with van der Waals surface area (Å²) in [5, 5.41) is 2.13. The maximum atomic E-state index is 13.8. The number of H-pyrrole nitrogens is 1. The number of anilines is 2. The van der Waals surface area contributed by atoms with Gasteiger partial charge in [-0.2, -0.15) is 0 Å². The first-order chi connectivity index (χ1) is 19.0. The van der Waals surface area contributed by atoms with Gasteiger partial charge in [0, 0.05) is 41.4 Å². The van der Waals surface area contributed by atoms with E-state index < -0.39 is 5.60 Å². The van der Waals surface area contributed by atoms with Crippen molar-refractivity contribution in [1.29, 1.82) is 0 Å². The van der Waals surface area contributed by atoms with Crippen LogP contribution in [-0.2, 0) is 9.53 Å². The number of hydrogen-bond donors (Lipinski definition) is 1. The molecule has 0 bridgehead atoms. The molecule has 1 N–H and O–H groups in total. The van der Waals surface area contributed by atoms with Crippen LogP contribution in [0.1, 0.15) is 53.0 Å². The number of hydrogen-bond acceptors (Lipinski definition) is 4. The lowest BCUT2D eigenvalue weighted by Gasteiger charge is -2.47. The number of carbonyl (C=O) groups excluding carboxylic acids is 1. The third-order valence-corrected chi connectivity index (χ3v) is 7.20. The molecule has 2 saturated heterocycles. The number of aromatic nitrogens is 2. The van der Waals surface area contributed by atoms with Crippen LogP contribution < -0.4 is 9.80 Å². The van der Waals surface area contributed by atoms with E-state index in [4.69, 9.17) is 9.72 Å². The molecule has 0 saturated carbocycles. The molecule has 2 aliphatic rings. The van der Waals surface area contributed by atoms with E-state index in [2.05, 4.69) is 28.6 Å². The largest absolute Gasteiger partial charge is 0.361 e. The second kappa shape index (κ2) is 12.0. The van der Waals surface area contributed by atoms with Crippen molar-refractivity contribution in [2.45, 2.75) is 53.1 Å². The molecule has 1 unspecified atom stereocenters. The summed E-state index contributed by atoms with van der Waals surface area (Å²) in [6.07, 6.45) is 3.31. The van der Waals surface area contributed by atoms with Gasteiger partial charge in [0.05, 0.1) is 24.1 Å². The minimum Gasteiger partial charge on any atom is -0.361 e. The van der Waals surface area contributed by atoms with Gasteiger partial charge in [-0.3, -0.25) is 4.79 Å². The van der Waals surface area contributed by atoms with Crippen LogP contribution in [0.25, 0.3) is 27.4 Å².